The van der Waals surface area contributed by atoms with Crippen LogP contribution in [0, 0.1) is 0 Å². The molecule has 30 heavy (non-hydrogen) atoms. The van der Waals surface area contributed by atoms with Gasteiger partial charge in [-0.2, -0.15) is 5.10 Å². The third-order valence-electron chi connectivity index (χ3n) is 4.78. The topological polar surface area (TPSA) is 122 Å². The highest BCUT2D eigenvalue weighted by atomic mass is 15.2. The first kappa shape index (κ1) is 16.4. The molecule has 0 fully saturated rings. The number of fused-ring (bicyclic) bond motifs is 2. The van der Waals surface area contributed by atoms with E-state index in [0.29, 0.717) is 34.1 Å². The highest BCUT2D eigenvalue weighted by Crippen LogP contribution is 2.29. The van der Waals surface area contributed by atoms with Gasteiger partial charge < -0.3 is 4.98 Å². The fourth-order valence-electron chi connectivity index (χ4n) is 3.39. The molecule has 6 aromatic rings. The van der Waals surface area contributed by atoms with E-state index >= 15 is 0 Å². The minimum Gasteiger partial charge on any atom is -0.321 e. The van der Waals surface area contributed by atoms with Crippen LogP contribution in [0.4, 0.5) is 0 Å². The summed E-state index contributed by atoms with van der Waals surface area (Å²) in [6.07, 6.45) is 8.45. The molecule has 0 aliphatic rings. The summed E-state index contributed by atoms with van der Waals surface area (Å²) in [5.74, 6) is 0.580. The quantitative estimate of drug-likeness (QED) is 0.474. The van der Waals surface area contributed by atoms with E-state index in [2.05, 4.69) is 35.1 Å². The molecule has 9 heteroatoms. The zero-order valence-corrected chi connectivity index (χ0v) is 15.5. The highest BCUT2D eigenvalue weighted by molar-refractivity contribution is 5.94. The Bertz CT molecular complexity index is 1490. The predicted octanol–water partition coefficient (Wildman–Crippen LogP) is 3.42. The normalized spacial score (nSPS) is 11.3. The van der Waals surface area contributed by atoms with Gasteiger partial charge in [-0.25, -0.2) is 15.0 Å². The molecule has 142 valence electrons. The Morgan fingerprint density at radius 3 is 2.53 bits per heavy atom. The largest absolute Gasteiger partial charge is 0.321 e. The lowest BCUT2D eigenvalue weighted by Gasteiger charge is -2.00. The van der Waals surface area contributed by atoms with Crippen LogP contribution in [-0.2, 0) is 0 Å². The van der Waals surface area contributed by atoms with E-state index in [4.69, 9.17) is 9.97 Å². The van der Waals surface area contributed by atoms with Crippen molar-refractivity contribution in [2.24, 2.45) is 0 Å². The fourth-order valence-corrected chi connectivity index (χ4v) is 3.39. The number of nitrogens with one attached hydrogen (secondary N) is 2. The third-order valence-corrected chi connectivity index (χ3v) is 4.78. The van der Waals surface area contributed by atoms with Crippen LogP contribution in [0.3, 0.4) is 0 Å². The van der Waals surface area contributed by atoms with Crippen LogP contribution in [0.25, 0.3) is 56.4 Å². The Labute approximate surface area is 169 Å². The van der Waals surface area contributed by atoms with Crippen LogP contribution >= 0.6 is 0 Å². The Morgan fingerprint density at radius 2 is 1.67 bits per heavy atom. The van der Waals surface area contributed by atoms with Crippen molar-refractivity contribution in [2.45, 2.75) is 0 Å². The lowest BCUT2D eigenvalue weighted by atomic mass is 10.1. The Morgan fingerprint density at radius 1 is 0.700 bits per heavy atom. The summed E-state index contributed by atoms with van der Waals surface area (Å²) >= 11 is 0. The van der Waals surface area contributed by atoms with Crippen LogP contribution in [0.2, 0.25) is 0 Å². The summed E-state index contributed by atoms with van der Waals surface area (Å²) < 4.78 is 0. The average Bonchev–Trinajstić information content (AvgIpc) is 3.43. The van der Waals surface area contributed by atoms with Crippen molar-refractivity contribution in [1.82, 2.24) is 45.1 Å². The molecule has 0 spiro atoms. The molecule has 0 bridgehead atoms. The lowest BCUT2D eigenvalue weighted by molar-refractivity contribution is 1.10. The van der Waals surface area contributed by atoms with Crippen molar-refractivity contribution in [3.05, 3.63) is 67.4 Å². The molecule has 0 saturated carbocycles. The molecule has 6 aromatic heterocycles. The zero-order chi connectivity index (χ0) is 19.9. The molecule has 9 nitrogen and oxygen atoms in total. The maximum Gasteiger partial charge on any atom is 0.162 e. The smallest absolute Gasteiger partial charge is 0.162 e. The van der Waals surface area contributed by atoms with E-state index in [-0.39, 0.29) is 0 Å². The van der Waals surface area contributed by atoms with Gasteiger partial charge in [0.2, 0.25) is 0 Å². The van der Waals surface area contributed by atoms with Gasteiger partial charge in [-0.1, -0.05) is 6.07 Å². The number of rotatable bonds is 3. The molecule has 0 aliphatic heterocycles. The number of hydrogen-bond acceptors (Lipinski definition) is 7. The second-order valence-electron chi connectivity index (χ2n) is 6.61. The summed E-state index contributed by atoms with van der Waals surface area (Å²) in [6, 6.07) is 11.5. The van der Waals surface area contributed by atoms with Gasteiger partial charge >= 0.3 is 0 Å². The molecule has 2 N–H and O–H groups in total. The second kappa shape index (κ2) is 6.52. The summed E-state index contributed by atoms with van der Waals surface area (Å²) in [5.41, 5.74) is 6.63. The van der Waals surface area contributed by atoms with E-state index in [1.54, 1.807) is 31.0 Å². The van der Waals surface area contributed by atoms with Gasteiger partial charge in [-0.3, -0.25) is 20.1 Å². The van der Waals surface area contributed by atoms with Crippen LogP contribution in [0.1, 0.15) is 0 Å². The fraction of sp³-hybridized carbons (Fsp3) is 0. The van der Waals surface area contributed by atoms with Gasteiger partial charge in [0.1, 0.15) is 16.7 Å². The number of nitrogens with zero attached hydrogens (tertiary/aromatic N) is 7. The first-order chi connectivity index (χ1) is 14.9. The summed E-state index contributed by atoms with van der Waals surface area (Å²) in [7, 11) is 0. The molecule has 0 radical (unpaired) electrons. The molecule has 6 heterocycles. The van der Waals surface area contributed by atoms with Gasteiger partial charge in [0.15, 0.2) is 17.2 Å². The van der Waals surface area contributed by atoms with Gasteiger partial charge in [-0.05, 0) is 30.3 Å². The van der Waals surface area contributed by atoms with Gasteiger partial charge in [0, 0.05) is 30.4 Å². The molecule has 0 saturated heterocycles. The van der Waals surface area contributed by atoms with Crippen molar-refractivity contribution in [1.29, 1.82) is 0 Å². The van der Waals surface area contributed by atoms with Crippen LogP contribution in [0.5, 0.6) is 0 Å². The molecule has 0 aliphatic carbocycles. The van der Waals surface area contributed by atoms with E-state index in [0.717, 1.165) is 22.3 Å². The number of aromatic nitrogens is 9. The van der Waals surface area contributed by atoms with E-state index in [9.17, 15) is 0 Å². The standard InChI is InChI=1S/C21H13N9/c1-2-7-23-13(3-1)12-6-8-25-20-17(12)27-21(28-20)19-18-15(29-30-19)5-4-14(26-18)16-11-22-9-10-24-16/h1-11H,(H,29,30)(H,25,27,28). The van der Waals surface area contributed by atoms with Crippen LogP contribution in [-0.4, -0.2) is 45.1 Å². The Kier molecular flexibility index (Phi) is 3.57. The van der Waals surface area contributed by atoms with Crippen molar-refractivity contribution < 1.29 is 0 Å². The third kappa shape index (κ3) is 2.60. The Balaban J connectivity index is 1.52. The highest BCUT2D eigenvalue weighted by Gasteiger charge is 2.17. The lowest BCUT2D eigenvalue weighted by Crippen LogP contribution is -1.89. The monoisotopic (exact) mass is 391 g/mol. The minimum atomic E-state index is 0.580. The van der Waals surface area contributed by atoms with Crippen molar-refractivity contribution >= 4 is 22.2 Å². The van der Waals surface area contributed by atoms with Gasteiger partial charge in [0.05, 0.1) is 23.1 Å². The molecule has 0 unspecified atom stereocenters. The number of pyridine rings is 3. The van der Waals surface area contributed by atoms with E-state index < -0.39 is 0 Å². The molecule has 0 atom stereocenters. The number of aromatic amines is 2. The maximum atomic E-state index is 4.78. The molecule has 0 aromatic carbocycles. The van der Waals surface area contributed by atoms with E-state index in [1.165, 1.54) is 0 Å². The first-order valence-electron chi connectivity index (χ1n) is 9.25. The summed E-state index contributed by atoms with van der Waals surface area (Å²) in [5, 5.41) is 7.45. The SMILES string of the molecule is c1ccc(-c2ccnc3[nH]c(-c4n[nH]c5ccc(-c6cnccn6)nc45)nc23)nc1. The average molecular weight is 391 g/mol. The van der Waals surface area contributed by atoms with Gasteiger partial charge in [-0.15, -0.1) is 0 Å². The van der Waals surface area contributed by atoms with Crippen molar-refractivity contribution in [2.75, 3.05) is 0 Å². The summed E-state index contributed by atoms with van der Waals surface area (Å²) in [6.45, 7) is 0. The van der Waals surface area contributed by atoms with Crippen molar-refractivity contribution in [3.63, 3.8) is 0 Å². The second-order valence-corrected chi connectivity index (χ2v) is 6.61. The zero-order valence-electron chi connectivity index (χ0n) is 15.5. The molecule has 0 amide bonds. The number of hydrogen-bond donors (Lipinski definition) is 2. The number of imidazole rings is 1. The summed E-state index contributed by atoms with van der Waals surface area (Å²) in [4.78, 5) is 30.1. The first-order valence-corrected chi connectivity index (χ1v) is 9.25. The van der Waals surface area contributed by atoms with Crippen LogP contribution < -0.4 is 0 Å². The van der Waals surface area contributed by atoms with E-state index in [1.807, 2.05) is 36.4 Å². The Hall–Kier alpha value is -4.53. The van der Waals surface area contributed by atoms with Gasteiger partial charge in [0.25, 0.3) is 0 Å². The molecular weight excluding hydrogens is 378 g/mol. The molecule has 6 rings (SSSR count). The molecular formula is C21H13N9. The van der Waals surface area contributed by atoms with Crippen LogP contribution in [0.15, 0.2) is 67.4 Å². The predicted molar refractivity (Wildman–Crippen MR) is 111 cm³/mol. The minimum absolute atomic E-state index is 0.580. The maximum absolute atomic E-state index is 4.78. The van der Waals surface area contributed by atoms with Crippen molar-refractivity contribution in [3.8, 4) is 34.2 Å². The number of H-pyrrole nitrogens is 2.